The summed E-state index contributed by atoms with van der Waals surface area (Å²) in [7, 11) is 1.42. The van der Waals surface area contributed by atoms with Crippen molar-refractivity contribution >= 4 is 6.03 Å². The number of ether oxygens (including phenoxy) is 1. The van der Waals surface area contributed by atoms with Crippen LogP contribution in [0.1, 0.15) is 32.3 Å². The zero-order chi connectivity index (χ0) is 17.0. The molecule has 0 bridgehead atoms. The normalized spacial score (nSPS) is 18.1. The Labute approximate surface area is 136 Å². The fourth-order valence-corrected chi connectivity index (χ4v) is 3.02. The molecule has 0 aromatic heterocycles. The number of hydrogen-bond donors (Lipinski definition) is 2. The minimum Gasteiger partial charge on any atom is -0.494 e. The monoisotopic (exact) mass is 324 g/mol. The molecule has 0 unspecified atom stereocenters. The summed E-state index contributed by atoms with van der Waals surface area (Å²) in [5.41, 5.74) is -0.0120. The second-order valence-corrected chi connectivity index (χ2v) is 6.46. The number of urea groups is 1. The van der Waals surface area contributed by atoms with Gasteiger partial charge in [-0.15, -0.1) is 0 Å². The van der Waals surface area contributed by atoms with Gasteiger partial charge in [-0.2, -0.15) is 0 Å². The van der Waals surface area contributed by atoms with Crippen LogP contribution in [0.2, 0.25) is 0 Å². The van der Waals surface area contributed by atoms with Gasteiger partial charge in [0.2, 0.25) is 0 Å². The average Bonchev–Trinajstić information content (AvgIpc) is 2.98. The van der Waals surface area contributed by atoms with Crippen LogP contribution in [-0.4, -0.2) is 47.9 Å². The zero-order valence-corrected chi connectivity index (χ0v) is 13.9. The van der Waals surface area contributed by atoms with Gasteiger partial charge in [0.25, 0.3) is 0 Å². The molecule has 128 valence electrons. The van der Waals surface area contributed by atoms with Gasteiger partial charge in [-0.3, -0.25) is 0 Å². The fourth-order valence-electron chi connectivity index (χ4n) is 3.02. The number of halogens is 1. The van der Waals surface area contributed by atoms with E-state index in [1.807, 2.05) is 0 Å². The lowest BCUT2D eigenvalue weighted by Crippen LogP contribution is -2.51. The smallest absolute Gasteiger partial charge is 0.317 e. The third-order valence-corrected chi connectivity index (χ3v) is 4.23. The van der Waals surface area contributed by atoms with Crippen molar-refractivity contribution < 1.29 is 19.0 Å². The third kappa shape index (κ3) is 4.34. The lowest BCUT2D eigenvalue weighted by atomic mass is 9.97. The largest absolute Gasteiger partial charge is 0.494 e. The molecule has 1 fully saturated rings. The molecule has 2 amide bonds. The SMILES string of the molecule is COc1cc(CCNC(=O)N2CCC[C@H]2C(C)(C)O)ccc1F. The van der Waals surface area contributed by atoms with Crippen LogP contribution < -0.4 is 10.1 Å². The highest BCUT2D eigenvalue weighted by Crippen LogP contribution is 2.26. The van der Waals surface area contributed by atoms with Gasteiger partial charge in [-0.25, -0.2) is 9.18 Å². The van der Waals surface area contributed by atoms with Crippen molar-refractivity contribution in [3.63, 3.8) is 0 Å². The standard InChI is InChI=1S/C17H25FN2O3/c1-17(2,22)15-5-4-10-20(15)16(21)19-9-8-12-6-7-13(18)14(11-12)23-3/h6-7,11,15,22H,4-5,8-10H2,1-3H3,(H,19,21)/t15-/m0/s1. The third-order valence-electron chi connectivity index (χ3n) is 4.23. The number of nitrogens with one attached hydrogen (secondary N) is 1. The first-order valence-electron chi connectivity index (χ1n) is 7.92. The van der Waals surface area contributed by atoms with Gasteiger partial charge in [-0.1, -0.05) is 6.07 Å². The summed E-state index contributed by atoms with van der Waals surface area (Å²) in [5, 5.41) is 13.0. The lowest BCUT2D eigenvalue weighted by molar-refractivity contribution is 0.00986. The molecule has 0 saturated carbocycles. The Morgan fingerprint density at radius 1 is 1.52 bits per heavy atom. The van der Waals surface area contributed by atoms with Crippen LogP contribution in [0, 0.1) is 5.82 Å². The van der Waals surface area contributed by atoms with E-state index < -0.39 is 11.4 Å². The van der Waals surface area contributed by atoms with Crippen LogP contribution in [0.25, 0.3) is 0 Å². The highest BCUT2D eigenvalue weighted by molar-refractivity contribution is 5.75. The maximum absolute atomic E-state index is 13.4. The predicted molar refractivity (Wildman–Crippen MR) is 86.1 cm³/mol. The minimum absolute atomic E-state index is 0.159. The summed E-state index contributed by atoms with van der Waals surface area (Å²) in [6.07, 6.45) is 2.30. The van der Waals surface area contributed by atoms with E-state index in [2.05, 4.69) is 5.32 Å². The minimum atomic E-state index is -0.905. The van der Waals surface area contributed by atoms with Gasteiger partial charge in [0.05, 0.1) is 18.8 Å². The summed E-state index contributed by atoms with van der Waals surface area (Å²) in [5.74, 6) is -0.194. The molecule has 23 heavy (non-hydrogen) atoms. The second kappa shape index (κ2) is 7.17. The molecule has 1 saturated heterocycles. The van der Waals surface area contributed by atoms with E-state index in [4.69, 9.17) is 4.74 Å². The number of aliphatic hydroxyl groups is 1. The van der Waals surface area contributed by atoms with Crippen LogP contribution >= 0.6 is 0 Å². The molecule has 6 heteroatoms. The van der Waals surface area contributed by atoms with Crippen LogP contribution in [-0.2, 0) is 6.42 Å². The van der Waals surface area contributed by atoms with Crippen LogP contribution in [0.15, 0.2) is 18.2 Å². The molecule has 1 aromatic carbocycles. The number of carbonyl (C=O) groups excluding carboxylic acids is 1. The molecule has 1 atom stereocenters. The van der Waals surface area contributed by atoms with E-state index in [9.17, 15) is 14.3 Å². The molecule has 2 rings (SSSR count). The Morgan fingerprint density at radius 2 is 2.26 bits per heavy atom. The van der Waals surface area contributed by atoms with Gasteiger partial charge in [-0.05, 0) is 50.8 Å². The summed E-state index contributed by atoms with van der Waals surface area (Å²) < 4.78 is 18.3. The number of methoxy groups -OCH3 is 1. The van der Waals surface area contributed by atoms with Crippen molar-refractivity contribution in [2.75, 3.05) is 20.2 Å². The molecule has 0 spiro atoms. The number of benzene rings is 1. The van der Waals surface area contributed by atoms with E-state index in [1.54, 1.807) is 30.9 Å². The zero-order valence-electron chi connectivity index (χ0n) is 13.9. The Morgan fingerprint density at radius 3 is 2.91 bits per heavy atom. The second-order valence-electron chi connectivity index (χ2n) is 6.46. The van der Waals surface area contributed by atoms with Crippen molar-refractivity contribution in [3.05, 3.63) is 29.6 Å². The summed E-state index contributed by atoms with van der Waals surface area (Å²) in [6, 6.07) is 4.36. The predicted octanol–water partition coefficient (Wildman–Crippen LogP) is 2.32. The number of rotatable bonds is 5. The van der Waals surface area contributed by atoms with Gasteiger partial charge >= 0.3 is 6.03 Å². The Hall–Kier alpha value is -1.82. The molecule has 2 N–H and O–H groups in total. The summed E-state index contributed by atoms with van der Waals surface area (Å²) >= 11 is 0. The maximum atomic E-state index is 13.4. The summed E-state index contributed by atoms with van der Waals surface area (Å²) in [6.45, 7) is 4.57. The van der Waals surface area contributed by atoms with E-state index >= 15 is 0 Å². The Balaban J connectivity index is 1.87. The summed E-state index contributed by atoms with van der Waals surface area (Å²) in [4.78, 5) is 14.0. The van der Waals surface area contributed by atoms with Crippen molar-refractivity contribution in [2.45, 2.75) is 44.8 Å². The van der Waals surface area contributed by atoms with E-state index in [0.29, 0.717) is 19.5 Å². The van der Waals surface area contributed by atoms with Crippen molar-refractivity contribution in [1.82, 2.24) is 10.2 Å². The first kappa shape index (κ1) is 17.5. The van der Waals surface area contributed by atoms with Crippen molar-refractivity contribution in [2.24, 2.45) is 0 Å². The molecular formula is C17H25FN2O3. The first-order valence-corrected chi connectivity index (χ1v) is 7.92. The quantitative estimate of drug-likeness (QED) is 0.874. The molecule has 0 radical (unpaired) electrons. The van der Waals surface area contributed by atoms with E-state index in [1.165, 1.54) is 13.2 Å². The molecule has 0 aliphatic carbocycles. The first-order chi connectivity index (χ1) is 10.8. The number of carbonyl (C=O) groups is 1. The molecule has 1 aliphatic rings. The highest BCUT2D eigenvalue weighted by Gasteiger charge is 2.38. The van der Waals surface area contributed by atoms with Crippen molar-refractivity contribution in [1.29, 1.82) is 0 Å². The highest BCUT2D eigenvalue weighted by atomic mass is 19.1. The molecule has 1 heterocycles. The van der Waals surface area contributed by atoms with E-state index in [-0.39, 0.29) is 17.8 Å². The fraction of sp³-hybridized carbons (Fsp3) is 0.588. The topological polar surface area (TPSA) is 61.8 Å². The lowest BCUT2D eigenvalue weighted by Gasteiger charge is -2.33. The number of likely N-dealkylation sites (tertiary alicyclic amines) is 1. The average molecular weight is 324 g/mol. The van der Waals surface area contributed by atoms with Crippen LogP contribution in [0.4, 0.5) is 9.18 Å². The molecule has 5 nitrogen and oxygen atoms in total. The van der Waals surface area contributed by atoms with Gasteiger partial charge in [0, 0.05) is 13.1 Å². The maximum Gasteiger partial charge on any atom is 0.317 e. The number of amides is 2. The van der Waals surface area contributed by atoms with Crippen molar-refractivity contribution in [3.8, 4) is 5.75 Å². The van der Waals surface area contributed by atoms with Crippen LogP contribution in [0.5, 0.6) is 5.75 Å². The molecular weight excluding hydrogens is 299 g/mol. The Bertz CT molecular complexity index is 557. The van der Waals surface area contributed by atoms with Gasteiger partial charge < -0.3 is 20.1 Å². The molecule has 1 aromatic rings. The number of nitrogens with zero attached hydrogens (tertiary/aromatic N) is 1. The van der Waals surface area contributed by atoms with Gasteiger partial charge in [0.15, 0.2) is 11.6 Å². The molecule has 1 aliphatic heterocycles. The Kier molecular flexibility index (Phi) is 5.46. The van der Waals surface area contributed by atoms with E-state index in [0.717, 1.165) is 18.4 Å². The van der Waals surface area contributed by atoms with Crippen LogP contribution in [0.3, 0.4) is 0 Å². The van der Waals surface area contributed by atoms with Gasteiger partial charge in [0.1, 0.15) is 0 Å². The number of hydrogen-bond acceptors (Lipinski definition) is 3.